The number of hydrogen-bond donors (Lipinski definition) is 2. The molecule has 7 nitrogen and oxygen atoms in total. The third kappa shape index (κ3) is 5.47. The first kappa shape index (κ1) is 22.9. The van der Waals surface area contributed by atoms with Crippen molar-refractivity contribution < 1.29 is 23.3 Å². The molecule has 2 aromatic carbocycles. The lowest BCUT2D eigenvalue weighted by Crippen LogP contribution is -2.29. The van der Waals surface area contributed by atoms with E-state index in [2.05, 4.69) is 4.98 Å². The van der Waals surface area contributed by atoms with Crippen molar-refractivity contribution in [1.82, 2.24) is 9.55 Å². The second-order valence-electron chi connectivity index (χ2n) is 7.50. The number of halogens is 1. The fourth-order valence-electron chi connectivity index (χ4n) is 3.55. The number of rotatable bonds is 7. The topological polar surface area (TPSA) is 102 Å². The normalized spacial score (nSPS) is 11.7. The highest BCUT2D eigenvalue weighted by Gasteiger charge is 2.23. The van der Waals surface area contributed by atoms with E-state index in [1.54, 1.807) is 37.3 Å². The van der Waals surface area contributed by atoms with Crippen LogP contribution in [-0.2, 0) is 17.5 Å². The molecule has 0 fully saturated rings. The predicted molar refractivity (Wildman–Crippen MR) is 116 cm³/mol. The average Bonchev–Trinajstić information content (AvgIpc) is 2.66. The van der Waals surface area contributed by atoms with Crippen molar-refractivity contribution in [2.45, 2.75) is 39.7 Å². The van der Waals surface area contributed by atoms with Crippen molar-refractivity contribution >= 4 is 7.82 Å². The van der Waals surface area contributed by atoms with Gasteiger partial charge in [0.15, 0.2) is 0 Å². The number of aromatic nitrogens is 2. The maximum absolute atomic E-state index is 13.6. The predicted octanol–water partition coefficient (Wildman–Crippen LogP) is 4.20. The molecule has 9 heteroatoms. The Morgan fingerprint density at radius 1 is 1.16 bits per heavy atom. The Balaban J connectivity index is 2.16. The Morgan fingerprint density at radius 3 is 2.52 bits per heavy atom. The SMILES string of the molecule is Cc1nc(-c2ccccc2OP(=O)(O)O)n(CCc2cccc(F)c2)c(=O)c1C(C)C. The summed E-state index contributed by atoms with van der Waals surface area (Å²) in [6.07, 6.45) is 0.370. The monoisotopic (exact) mass is 446 g/mol. The zero-order chi connectivity index (χ0) is 22.8. The summed E-state index contributed by atoms with van der Waals surface area (Å²) in [5, 5.41) is 0. The summed E-state index contributed by atoms with van der Waals surface area (Å²) in [4.78, 5) is 36.5. The van der Waals surface area contributed by atoms with Crippen LogP contribution in [0.5, 0.6) is 5.75 Å². The summed E-state index contributed by atoms with van der Waals surface area (Å²) in [6.45, 7) is 5.72. The number of phosphoric ester groups is 1. The van der Waals surface area contributed by atoms with E-state index in [1.165, 1.54) is 22.8 Å². The van der Waals surface area contributed by atoms with Crippen LogP contribution in [-0.4, -0.2) is 19.3 Å². The summed E-state index contributed by atoms with van der Waals surface area (Å²) in [7, 11) is -4.82. The van der Waals surface area contributed by atoms with Crippen LogP contribution < -0.4 is 10.1 Å². The van der Waals surface area contributed by atoms with E-state index >= 15 is 0 Å². The van der Waals surface area contributed by atoms with Gasteiger partial charge in [-0.2, -0.15) is 0 Å². The first-order valence-corrected chi connectivity index (χ1v) is 11.3. The van der Waals surface area contributed by atoms with Gasteiger partial charge < -0.3 is 4.52 Å². The lowest BCUT2D eigenvalue weighted by atomic mass is 10.0. The summed E-state index contributed by atoms with van der Waals surface area (Å²) in [5.74, 6) is -0.294. The number of para-hydroxylation sites is 1. The van der Waals surface area contributed by atoms with Gasteiger partial charge in [0.1, 0.15) is 17.4 Å². The van der Waals surface area contributed by atoms with Crippen LogP contribution in [0.25, 0.3) is 11.4 Å². The molecule has 3 aromatic rings. The Morgan fingerprint density at radius 2 is 1.87 bits per heavy atom. The second kappa shape index (κ2) is 9.14. The van der Waals surface area contributed by atoms with Gasteiger partial charge in [-0.05, 0) is 49.1 Å². The lowest BCUT2D eigenvalue weighted by Gasteiger charge is -2.19. The zero-order valence-corrected chi connectivity index (χ0v) is 18.3. The van der Waals surface area contributed by atoms with Crippen LogP contribution >= 0.6 is 7.82 Å². The molecule has 1 heterocycles. The summed E-state index contributed by atoms with van der Waals surface area (Å²) < 4.78 is 31.3. The van der Waals surface area contributed by atoms with E-state index in [9.17, 15) is 23.5 Å². The summed E-state index contributed by atoms with van der Waals surface area (Å²) >= 11 is 0. The van der Waals surface area contributed by atoms with E-state index in [4.69, 9.17) is 4.52 Å². The average molecular weight is 446 g/mol. The van der Waals surface area contributed by atoms with Crippen molar-refractivity contribution in [2.75, 3.05) is 0 Å². The van der Waals surface area contributed by atoms with Crippen molar-refractivity contribution in [3.8, 4) is 17.1 Å². The molecule has 2 N–H and O–H groups in total. The van der Waals surface area contributed by atoms with Crippen molar-refractivity contribution in [3.63, 3.8) is 0 Å². The van der Waals surface area contributed by atoms with E-state index in [1.807, 2.05) is 13.8 Å². The first-order valence-electron chi connectivity index (χ1n) is 9.77. The molecule has 0 bridgehead atoms. The van der Waals surface area contributed by atoms with Gasteiger partial charge in [-0.15, -0.1) is 0 Å². The van der Waals surface area contributed by atoms with Crippen LogP contribution in [0.2, 0.25) is 0 Å². The summed E-state index contributed by atoms with van der Waals surface area (Å²) in [5.41, 5.74) is 1.82. The standard InChI is InChI=1S/C22H24FN2O5P/c1-14(2)20-15(3)24-21(18-9-4-5-10-19(18)30-31(27,28)29)25(22(20)26)12-11-16-7-6-8-17(23)13-16/h4-10,13-14H,11-12H2,1-3H3,(H2,27,28,29). The highest BCUT2D eigenvalue weighted by molar-refractivity contribution is 7.46. The van der Waals surface area contributed by atoms with Crippen molar-refractivity contribution in [3.05, 3.63) is 81.5 Å². The lowest BCUT2D eigenvalue weighted by molar-refractivity contribution is 0.283. The molecular formula is C22H24FN2O5P. The third-order valence-corrected chi connectivity index (χ3v) is 5.26. The molecule has 31 heavy (non-hydrogen) atoms. The molecule has 0 saturated heterocycles. The molecular weight excluding hydrogens is 422 g/mol. The number of phosphoric acid groups is 1. The van der Waals surface area contributed by atoms with Crippen LogP contribution in [0, 0.1) is 12.7 Å². The molecule has 3 rings (SSSR count). The maximum atomic E-state index is 13.6. The number of nitrogens with zero attached hydrogens (tertiary/aromatic N) is 2. The molecule has 0 amide bonds. The fourth-order valence-corrected chi connectivity index (χ4v) is 3.96. The molecule has 0 radical (unpaired) electrons. The minimum absolute atomic E-state index is 0.0731. The van der Waals surface area contributed by atoms with Gasteiger partial charge in [0.25, 0.3) is 5.56 Å². The van der Waals surface area contributed by atoms with E-state index in [0.717, 1.165) is 0 Å². The first-order chi connectivity index (χ1) is 14.6. The Hall–Kier alpha value is -2.80. The Bertz CT molecular complexity index is 1200. The molecule has 0 unspecified atom stereocenters. The van der Waals surface area contributed by atoms with Gasteiger partial charge in [-0.25, -0.2) is 13.9 Å². The number of hydrogen-bond acceptors (Lipinski definition) is 4. The molecule has 0 aliphatic rings. The maximum Gasteiger partial charge on any atom is 0.524 e. The minimum Gasteiger partial charge on any atom is -0.403 e. The second-order valence-corrected chi connectivity index (χ2v) is 8.67. The van der Waals surface area contributed by atoms with Crippen LogP contribution in [0.3, 0.4) is 0 Å². The number of benzene rings is 2. The molecule has 0 saturated carbocycles. The highest BCUT2D eigenvalue weighted by Crippen LogP contribution is 2.41. The van der Waals surface area contributed by atoms with Crippen molar-refractivity contribution in [2.24, 2.45) is 0 Å². The van der Waals surface area contributed by atoms with Crippen LogP contribution in [0.1, 0.15) is 36.6 Å². The van der Waals surface area contributed by atoms with Gasteiger partial charge in [0.2, 0.25) is 0 Å². The van der Waals surface area contributed by atoms with Crippen LogP contribution in [0.15, 0.2) is 53.3 Å². The molecule has 0 spiro atoms. The zero-order valence-electron chi connectivity index (χ0n) is 17.4. The van der Waals surface area contributed by atoms with E-state index in [0.29, 0.717) is 23.2 Å². The molecule has 0 aliphatic carbocycles. The number of aryl methyl sites for hydroxylation is 2. The molecule has 1 aromatic heterocycles. The molecule has 164 valence electrons. The van der Waals surface area contributed by atoms with Crippen LogP contribution in [0.4, 0.5) is 4.39 Å². The molecule has 0 atom stereocenters. The third-order valence-electron chi connectivity index (χ3n) is 4.83. The minimum atomic E-state index is -4.82. The quantitative estimate of drug-likeness (QED) is 0.528. The van der Waals surface area contributed by atoms with E-state index < -0.39 is 7.82 Å². The Labute approximate surface area is 179 Å². The van der Waals surface area contributed by atoms with Gasteiger partial charge in [0.05, 0.1) is 5.56 Å². The Kier molecular flexibility index (Phi) is 6.74. The van der Waals surface area contributed by atoms with Crippen molar-refractivity contribution in [1.29, 1.82) is 0 Å². The van der Waals surface area contributed by atoms with E-state index in [-0.39, 0.29) is 41.0 Å². The largest absolute Gasteiger partial charge is 0.524 e. The smallest absolute Gasteiger partial charge is 0.403 e. The van der Waals surface area contributed by atoms with Gasteiger partial charge in [-0.1, -0.05) is 38.1 Å². The fraction of sp³-hybridized carbons (Fsp3) is 0.273. The highest BCUT2D eigenvalue weighted by atomic mass is 31.2. The summed E-state index contributed by atoms with van der Waals surface area (Å²) in [6, 6.07) is 12.3. The van der Waals surface area contributed by atoms with Gasteiger partial charge >= 0.3 is 7.82 Å². The van der Waals surface area contributed by atoms with Gasteiger partial charge in [0, 0.05) is 17.8 Å². The van der Waals surface area contributed by atoms with Gasteiger partial charge in [-0.3, -0.25) is 19.1 Å². The molecule has 0 aliphatic heterocycles.